The zero-order valence-corrected chi connectivity index (χ0v) is 17.5. The highest BCUT2D eigenvalue weighted by atomic mass is 32.2. The van der Waals surface area contributed by atoms with Gasteiger partial charge in [-0.05, 0) is 13.3 Å². The number of aliphatic imine (C=N–C) groups is 1. The highest BCUT2D eigenvalue weighted by Gasteiger charge is 2.28. The number of aromatic nitrogens is 1. The maximum atomic E-state index is 12.5. The Labute approximate surface area is 166 Å². The van der Waals surface area contributed by atoms with E-state index in [9.17, 15) is 8.42 Å². The summed E-state index contributed by atoms with van der Waals surface area (Å²) in [5.74, 6) is 0.675. The van der Waals surface area contributed by atoms with Gasteiger partial charge in [0.1, 0.15) is 12.0 Å². The summed E-state index contributed by atoms with van der Waals surface area (Å²) >= 11 is 0. The number of ether oxygens (including phenoxy) is 2. The van der Waals surface area contributed by atoms with Crippen molar-refractivity contribution in [2.45, 2.75) is 19.1 Å². The summed E-state index contributed by atoms with van der Waals surface area (Å²) in [4.78, 5) is 6.73. The van der Waals surface area contributed by atoms with E-state index in [1.54, 1.807) is 13.2 Å². The molecule has 0 amide bonds. The van der Waals surface area contributed by atoms with E-state index in [1.165, 1.54) is 10.6 Å². The van der Waals surface area contributed by atoms with Crippen molar-refractivity contribution in [2.24, 2.45) is 4.99 Å². The van der Waals surface area contributed by atoms with Crippen LogP contribution in [-0.2, 0) is 25.2 Å². The van der Waals surface area contributed by atoms with Gasteiger partial charge in [0, 0.05) is 59.1 Å². The summed E-state index contributed by atoms with van der Waals surface area (Å²) in [6.07, 6.45) is 2.20. The van der Waals surface area contributed by atoms with Crippen molar-refractivity contribution in [1.82, 2.24) is 19.7 Å². The van der Waals surface area contributed by atoms with Crippen molar-refractivity contribution >= 4 is 16.0 Å². The molecule has 10 nitrogen and oxygen atoms in total. The minimum atomic E-state index is -3.40. The number of piperazine rings is 1. The number of nitrogens with zero attached hydrogens (tertiary/aromatic N) is 4. The molecule has 0 radical (unpaired) electrons. The molecule has 0 spiro atoms. The lowest BCUT2D eigenvalue weighted by Gasteiger charge is -2.35. The Morgan fingerprint density at radius 3 is 2.71 bits per heavy atom. The number of hydrogen-bond donors (Lipinski definition) is 1. The predicted molar refractivity (Wildman–Crippen MR) is 106 cm³/mol. The van der Waals surface area contributed by atoms with Crippen LogP contribution in [-0.4, -0.2) is 94.9 Å². The van der Waals surface area contributed by atoms with Gasteiger partial charge in [0.25, 0.3) is 0 Å². The molecule has 28 heavy (non-hydrogen) atoms. The van der Waals surface area contributed by atoms with Crippen LogP contribution in [0.3, 0.4) is 0 Å². The van der Waals surface area contributed by atoms with Crippen LogP contribution in [0.15, 0.2) is 21.8 Å². The zero-order chi connectivity index (χ0) is 20.2. The lowest BCUT2D eigenvalue weighted by molar-refractivity contribution is 0.0702. The summed E-state index contributed by atoms with van der Waals surface area (Å²) in [5, 5.41) is 6.97. The standard InChI is InChI=1S/C17H31N5O5S/c1-3-18-17(19-6-4-11-26-14-13-25-2)21-7-9-22(10-8-21)28(23,24)15-16-5-12-27-20-16/h5,12H,3-4,6-11,13-15H2,1-2H3,(H,18,19). The second-order valence-electron chi connectivity index (χ2n) is 6.33. The Hall–Kier alpha value is -1.69. The molecular weight excluding hydrogens is 386 g/mol. The Bertz CT molecular complexity index is 672. The minimum absolute atomic E-state index is 0.138. The first-order chi connectivity index (χ1) is 13.6. The van der Waals surface area contributed by atoms with Crippen molar-refractivity contribution < 1.29 is 22.4 Å². The molecule has 2 heterocycles. The number of methoxy groups -OCH3 is 1. The van der Waals surface area contributed by atoms with Crippen LogP contribution in [0.5, 0.6) is 0 Å². The molecule has 160 valence electrons. The Morgan fingerprint density at radius 2 is 2.07 bits per heavy atom. The predicted octanol–water partition coefficient (Wildman–Crippen LogP) is 0.141. The number of hydrogen-bond acceptors (Lipinski definition) is 7. The van der Waals surface area contributed by atoms with Gasteiger partial charge >= 0.3 is 0 Å². The largest absolute Gasteiger partial charge is 0.382 e. The quantitative estimate of drug-likeness (QED) is 0.308. The molecule has 0 atom stereocenters. The van der Waals surface area contributed by atoms with Gasteiger partial charge in [0.05, 0.1) is 18.9 Å². The van der Waals surface area contributed by atoms with E-state index in [2.05, 4.69) is 20.4 Å². The molecule has 1 aromatic rings. The average molecular weight is 418 g/mol. The topological polar surface area (TPSA) is 110 Å². The Morgan fingerprint density at radius 1 is 1.29 bits per heavy atom. The minimum Gasteiger partial charge on any atom is -0.382 e. The van der Waals surface area contributed by atoms with Gasteiger partial charge in [-0.25, -0.2) is 8.42 Å². The molecule has 1 saturated heterocycles. The smallest absolute Gasteiger partial charge is 0.220 e. The molecule has 1 aromatic heterocycles. The van der Waals surface area contributed by atoms with Crippen molar-refractivity contribution in [2.75, 3.05) is 66.2 Å². The van der Waals surface area contributed by atoms with E-state index >= 15 is 0 Å². The van der Waals surface area contributed by atoms with Crippen molar-refractivity contribution in [3.05, 3.63) is 18.0 Å². The molecule has 0 saturated carbocycles. The number of sulfonamides is 1. The maximum Gasteiger partial charge on any atom is 0.220 e. The van der Waals surface area contributed by atoms with E-state index in [0.29, 0.717) is 58.2 Å². The molecule has 1 fully saturated rings. The van der Waals surface area contributed by atoms with Gasteiger partial charge in [-0.2, -0.15) is 4.31 Å². The van der Waals surface area contributed by atoms with Crippen LogP contribution < -0.4 is 5.32 Å². The summed E-state index contributed by atoms with van der Waals surface area (Å²) in [5.41, 5.74) is 0.421. The van der Waals surface area contributed by atoms with Gasteiger partial charge in [0.2, 0.25) is 10.0 Å². The van der Waals surface area contributed by atoms with Gasteiger partial charge in [-0.3, -0.25) is 4.99 Å². The summed E-state index contributed by atoms with van der Waals surface area (Å²) in [6.45, 7) is 7.27. The maximum absolute atomic E-state index is 12.5. The molecule has 1 N–H and O–H groups in total. The Kier molecular flexibility index (Phi) is 9.68. The van der Waals surface area contributed by atoms with Gasteiger partial charge in [-0.15, -0.1) is 0 Å². The first-order valence-electron chi connectivity index (χ1n) is 9.54. The Balaban J connectivity index is 1.80. The molecule has 0 bridgehead atoms. The summed E-state index contributed by atoms with van der Waals surface area (Å²) in [6, 6.07) is 1.57. The van der Waals surface area contributed by atoms with Gasteiger partial charge in [0.15, 0.2) is 5.96 Å². The first kappa shape index (κ1) is 22.6. The fraction of sp³-hybridized carbons (Fsp3) is 0.765. The number of rotatable bonds is 11. The molecule has 1 aliphatic rings. The fourth-order valence-corrected chi connectivity index (χ4v) is 4.21. The second kappa shape index (κ2) is 12.0. The third-order valence-corrected chi connectivity index (χ3v) is 6.04. The fourth-order valence-electron chi connectivity index (χ4n) is 2.79. The van der Waals surface area contributed by atoms with Gasteiger partial charge in [-0.1, -0.05) is 5.16 Å². The van der Waals surface area contributed by atoms with Crippen molar-refractivity contribution in [1.29, 1.82) is 0 Å². The summed E-state index contributed by atoms with van der Waals surface area (Å²) in [7, 11) is -1.75. The second-order valence-corrected chi connectivity index (χ2v) is 8.30. The van der Waals surface area contributed by atoms with Crippen LogP contribution in [0, 0.1) is 0 Å². The van der Waals surface area contributed by atoms with E-state index in [-0.39, 0.29) is 5.75 Å². The molecule has 2 rings (SSSR count). The van der Waals surface area contributed by atoms with E-state index in [0.717, 1.165) is 18.9 Å². The van der Waals surface area contributed by atoms with Crippen LogP contribution in [0.2, 0.25) is 0 Å². The molecule has 11 heteroatoms. The van der Waals surface area contributed by atoms with Crippen molar-refractivity contribution in [3.8, 4) is 0 Å². The first-order valence-corrected chi connectivity index (χ1v) is 11.1. The van der Waals surface area contributed by atoms with Crippen LogP contribution in [0.4, 0.5) is 0 Å². The van der Waals surface area contributed by atoms with Crippen molar-refractivity contribution in [3.63, 3.8) is 0 Å². The molecule has 0 aliphatic carbocycles. The van der Waals surface area contributed by atoms with Gasteiger partial charge < -0.3 is 24.2 Å². The molecule has 1 aliphatic heterocycles. The SMILES string of the molecule is CCNC(=NCCCOCCOC)N1CCN(S(=O)(=O)Cc2ccon2)CC1. The molecule has 0 unspecified atom stereocenters. The average Bonchev–Trinajstić information content (AvgIpc) is 3.19. The zero-order valence-electron chi connectivity index (χ0n) is 16.7. The monoisotopic (exact) mass is 417 g/mol. The van der Waals surface area contributed by atoms with Crippen LogP contribution in [0.1, 0.15) is 19.0 Å². The third kappa shape index (κ3) is 7.38. The van der Waals surface area contributed by atoms with Crippen LogP contribution in [0.25, 0.3) is 0 Å². The van der Waals surface area contributed by atoms with Crippen LogP contribution >= 0.6 is 0 Å². The molecular formula is C17H31N5O5S. The lowest BCUT2D eigenvalue weighted by atomic mass is 10.4. The highest BCUT2D eigenvalue weighted by molar-refractivity contribution is 7.88. The van der Waals surface area contributed by atoms with E-state index in [1.807, 2.05) is 6.92 Å². The third-order valence-electron chi connectivity index (χ3n) is 4.23. The van der Waals surface area contributed by atoms with E-state index < -0.39 is 10.0 Å². The number of nitrogens with one attached hydrogen (secondary N) is 1. The van der Waals surface area contributed by atoms with E-state index in [4.69, 9.17) is 14.0 Å². The summed E-state index contributed by atoms with van der Waals surface area (Å²) < 4.78 is 41.7. The lowest BCUT2D eigenvalue weighted by Crippen LogP contribution is -2.53. The highest BCUT2D eigenvalue weighted by Crippen LogP contribution is 2.13. The normalized spacial score (nSPS) is 16.5. The molecule has 0 aromatic carbocycles. The number of guanidine groups is 1.